The summed E-state index contributed by atoms with van der Waals surface area (Å²) in [6, 6.07) is 33.4. The number of aryl methyl sites for hydroxylation is 1. The maximum absolute atomic E-state index is 11.1. The lowest BCUT2D eigenvalue weighted by molar-refractivity contribution is -0.140. The van der Waals surface area contributed by atoms with Crippen molar-refractivity contribution in [1.82, 2.24) is 15.3 Å². The van der Waals surface area contributed by atoms with Crippen molar-refractivity contribution >= 4 is 35.1 Å². The molecule has 0 radical (unpaired) electrons. The average molecular weight is 989 g/mol. The maximum Gasteiger partial charge on any atom is 0.306 e. The highest BCUT2D eigenvalue weighted by molar-refractivity contribution is 6.32. The van der Waals surface area contributed by atoms with Gasteiger partial charge in [-0.25, -0.2) is 0 Å². The average Bonchev–Trinajstić information content (AvgIpc) is 3.33. The molecule has 0 saturated carbocycles. The van der Waals surface area contributed by atoms with E-state index in [2.05, 4.69) is 27.4 Å². The summed E-state index contributed by atoms with van der Waals surface area (Å²) in [5.41, 5.74) is 9.20. The van der Waals surface area contributed by atoms with Crippen molar-refractivity contribution in [2.75, 3.05) is 6.54 Å². The number of pyridine rings is 2. The molecule has 0 unspecified atom stereocenters. The van der Waals surface area contributed by atoms with Crippen molar-refractivity contribution in [3.05, 3.63) is 163 Å². The number of carboxylic acid groups (broad SMARTS) is 2. The van der Waals surface area contributed by atoms with E-state index >= 15 is 0 Å². The number of aliphatic carboxylic acids is 2. The molecule has 0 amide bonds. The summed E-state index contributed by atoms with van der Waals surface area (Å²) in [5, 5.41) is 60.6. The van der Waals surface area contributed by atoms with Crippen LogP contribution in [-0.2, 0) is 49.0 Å². The van der Waals surface area contributed by atoms with Gasteiger partial charge in [-0.1, -0.05) is 83.9 Å². The molecule has 15 nitrogen and oxygen atoms in total. The number of hydrogen-bond acceptors (Lipinski definition) is 13. The van der Waals surface area contributed by atoms with Crippen LogP contribution in [-0.4, -0.2) is 61.1 Å². The van der Waals surface area contributed by atoms with Gasteiger partial charge in [0, 0.05) is 24.2 Å². The van der Waals surface area contributed by atoms with Crippen LogP contribution in [0.3, 0.4) is 0 Å². The molecule has 0 aliphatic carbocycles. The SMILES string of the molecule is Cc1c(COc2nc(OCc3cccc(C#N)c3)c(CCC[C@@H](O)CC(=O)O)cc2Cl)cccc1-c1cccc(COc2nc(OCc3cccc(C#N)c3)c(CNC[C@@H](O)CC(=O)O)cc2Cl)c1C. The van der Waals surface area contributed by atoms with Crippen LogP contribution in [0.15, 0.2) is 97.1 Å². The topological polar surface area (TPSA) is 237 Å². The van der Waals surface area contributed by atoms with Gasteiger partial charge in [0.1, 0.15) is 36.5 Å². The third kappa shape index (κ3) is 14.9. The zero-order chi connectivity index (χ0) is 50.2. The van der Waals surface area contributed by atoms with Crippen LogP contribution >= 0.6 is 23.2 Å². The summed E-state index contributed by atoms with van der Waals surface area (Å²) in [6.45, 7) is 4.57. The third-order valence-electron chi connectivity index (χ3n) is 11.2. The van der Waals surface area contributed by atoms with Gasteiger partial charge in [0.05, 0.1) is 48.3 Å². The van der Waals surface area contributed by atoms with Crippen LogP contribution in [0.25, 0.3) is 11.1 Å². The van der Waals surface area contributed by atoms with Crippen molar-refractivity contribution in [2.45, 2.75) is 91.1 Å². The molecule has 0 aliphatic heterocycles. The smallest absolute Gasteiger partial charge is 0.306 e. The first kappa shape index (κ1) is 52.1. The molecule has 2 aromatic heterocycles. The maximum atomic E-state index is 11.1. The number of nitrogens with one attached hydrogen (secondary N) is 1. The van der Waals surface area contributed by atoms with Gasteiger partial charge < -0.3 is 44.7 Å². The van der Waals surface area contributed by atoms with E-state index in [1.165, 1.54) is 0 Å². The quantitative estimate of drug-likeness (QED) is 0.0359. The summed E-state index contributed by atoms with van der Waals surface area (Å²) >= 11 is 13.5. The molecule has 6 rings (SSSR count). The second-order valence-corrected chi connectivity index (χ2v) is 17.3. The standard InChI is InChI=1S/C53H51Cl2N5O10/c1-32-39(30-69-52-46(54)20-38(12-5-15-42(61)22-48(63)64)50(59-52)67-28-36-10-3-8-34(18-36)24-56)13-6-16-44(32)45-17-7-14-40(33(45)2)31-70-53-47(55)21-41(26-58-27-43(62)23-49(65)66)51(60-53)68-29-37-11-4-9-35(19-37)25-57/h3-4,6-11,13-14,16-21,42-43,58,61-62H,5,12,15,22-23,26-31H2,1-2H3,(H,63,64)(H,65,66)/t42-,43+/m1/s1. The van der Waals surface area contributed by atoms with Crippen molar-refractivity contribution < 1.29 is 49.0 Å². The number of benzene rings is 4. The van der Waals surface area contributed by atoms with Crippen molar-refractivity contribution in [3.8, 4) is 46.8 Å². The molecular formula is C53H51Cl2N5O10. The van der Waals surface area contributed by atoms with Gasteiger partial charge in [-0.15, -0.1) is 0 Å². The minimum atomic E-state index is -1.12. The largest absolute Gasteiger partial charge is 0.481 e. The van der Waals surface area contributed by atoms with Gasteiger partial charge in [-0.3, -0.25) is 9.59 Å². The molecule has 17 heteroatoms. The second kappa shape index (κ2) is 25.4. The van der Waals surface area contributed by atoms with Crippen molar-refractivity contribution in [2.24, 2.45) is 0 Å². The van der Waals surface area contributed by atoms with E-state index in [0.717, 1.165) is 44.5 Å². The molecule has 0 spiro atoms. The Hall–Kier alpha value is -7.24. The molecule has 4 aromatic carbocycles. The number of aromatic nitrogens is 2. The number of ether oxygens (including phenoxy) is 4. The fourth-order valence-electron chi connectivity index (χ4n) is 7.54. The number of halogens is 2. The number of carboxylic acids is 2. The first-order chi connectivity index (χ1) is 33.7. The lowest BCUT2D eigenvalue weighted by Crippen LogP contribution is -2.28. The van der Waals surface area contributed by atoms with Gasteiger partial charge in [0.2, 0.25) is 23.5 Å². The minimum Gasteiger partial charge on any atom is -0.481 e. The zero-order valence-corrected chi connectivity index (χ0v) is 40.0. The molecule has 2 atom stereocenters. The molecule has 6 aromatic rings. The van der Waals surface area contributed by atoms with Crippen molar-refractivity contribution in [3.63, 3.8) is 0 Å². The van der Waals surface area contributed by atoms with Crippen LogP contribution in [0.1, 0.15) is 81.3 Å². The molecule has 0 saturated heterocycles. The van der Waals surface area contributed by atoms with Gasteiger partial charge in [-0.05, 0) is 114 Å². The predicted octanol–water partition coefficient (Wildman–Crippen LogP) is 9.21. The molecule has 2 heterocycles. The number of aliphatic hydroxyl groups excluding tert-OH is 2. The fraction of sp³-hybridized carbons (Fsp3) is 0.283. The number of hydrogen-bond donors (Lipinski definition) is 5. The summed E-state index contributed by atoms with van der Waals surface area (Å²) in [4.78, 5) is 31.4. The molecule has 0 fully saturated rings. The summed E-state index contributed by atoms with van der Waals surface area (Å²) in [6.07, 6.45) is -1.79. The minimum absolute atomic E-state index is 0.00331. The highest BCUT2D eigenvalue weighted by Crippen LogP contribution is 2.35. The van der Waals surface area contributed by atoms with Gasteiger partial charge >= 0.3 is 11.9 Å². The Bertz CT molecular complexity index is 2710. The molecule has 5 N–H and O–H groups in total. The molecule has 362 valence electrons. The van der Waals surface area contributed by atoms with E-state index in [9.17, 15) is 30.3 Å². The van der Waals surface area contributed by atoms with Crippen LogP contribution < -0.4 is 24.3 Å². The Morgan fingerprint density at radius 1 is 0.614 bits per heavy atom. The van der Waals surface area contributed by atoms with Crippen LogP contribution in [0.2, 0.25) is 10.0 Å². The number of carbonyl (C=O) groups is 2. The Morgan fingerprint density at radius 2 is 1.07 bits per heavy atom. The zero-order valence-electron chi connectivity index (χ0n) is 38.5. The van der Waals surface area contributed by atoms with E-state index in [1.54, 1.807) is 48.5 Å². The molecule has 0 aliphatic rings. The van der Waals surface area contributed by atoms with Crippen LogP contribution in [0.4, 0.5) is 0 Å². The Kier molecular flexibility index (Phi) is 18.9. The van der Waals surface area contributed by atoms with E-state index in [1.807, 2.05) is 62.4 Å². The van der Waals surface area contributed by atoms with E-state index in [4.69, 9.17) is 52.4 Å². The number of nitrogens with zero attached hydrogens (tertiary/aromatic N) is 4. The summed E-state index contributed by atoms with van der Waals surface area (Å²) < 4.78 is 24.8. The number of nitriles is 2. The third-order valence-corrected chi connectivity index (χ3v) is 11.8. The van der Waals surface area contributed by atoms with Gasteiger partial charge in [0.15, 0.2) is 0 Å². The van der Waals surface area contributed by atoms with E-state index in [-0.39, 0.29) is 85.9 Å². The number of aliphatic hydroxyl groups is 2. The lowest BCUT2D eigenvalue weighted by Gasteiger charge is -2.18. The summed E-state index contributed by atoms with van der Waals surface area (Å²) in [7, 11) is 0. The Morgan fingerprint density at radius 3 is 1.57 bits per heavy atom. The lowest BCUT2D eigenvalue weighted by atomic mass is 9.92. The Labute approximate surface area is 415 Å². The normalized spacial score (nSPS) is 11.8. The predicted molar refractivity (Wildman–Crippen MR) is 261 cm³/mol. The molecular weight excluding hydrogens is 938 g/mol. The van der Waals surface area contributed by atoms with Gasteiger partial charge in [-0.2, -0.15) is 20.5 Å². The second-order valence-electron chi connectivity index (χ2n) is 16.5. The summed E-state index contributed by atoms with van der Waals surface area (Å²) in [5.74, 6) is -1.48. The van der Waals surface area contributed by atoms with Crippen LogP contribution in [0, 0.1) is 36.5 Å². The first-order valence-electron chi connectivity index (χ1n) is 22.3. The van der Waals surface area contributed by atoms with E-state index < -0.39 is 30.6 Å². The molecule has 0 bridgehead atoms. The van der Waals surface area contributed by atoms with Crippen LogP contribution in [0.5, 0.6) is 23.5 Å². The monoisotopic (exact) mass is 987 g/mol. The highest BCUT2D eigenvalue weighted by atomic mass is 35.5. The fourth-order valence-corrected chi connectivity index (χ4v) is 8.00. The Balaban J connectivity index is 1.18. The van der Waals surface area contributed by atoms with E-state index in [0.29, 0.717) is 35.1 Å². The first-order valence-corrected chi connectivity index (χ1v) is 23.0. The van der Waals surface area contributed by atoms with Crippen molar-refractivity contribution in [1.29, 1.82) is 10.5 Å². The molecule has 70 heavy (non-hydrogen) atoms. The van der Waals surface area contributed by atoms with Gasteiger partial charge in [0.25, 0.3) is 0 Å². The highest BCUT2D eigenvalue weighted by Gasteiger charge is 2.20. The number of rotatable bonds is 25.